The van der Waals surface area contributed by atoms with Crippen molar-refractivity contribution in [3.05, 3.63) is 17.6 Å². The number of anilines is 1. The molecule has 1 heterocycles. The van der Waals surface area contributed by atoms with Gasteiger partial charge in [-0.1, -0.05) is 0 Å². The molecule has 70 valence electrons. The summed E-state index contributed by atoms with van der Waals surface area (Å²) in [4.78, 5) is 10.7. The summed E-state index contributed by atoms with van der Waals surface area (Å²) in [5, 5.41) is 0. The Morgan fingerprint density at radius 1 is 1.15 bits per heavy atom. The molecule has 1 aromatic rings. The zero-order valence-corrected chi connectivity index (χ0v) is 8.25. The quantitative estimate of drug-likeness (QED) is 0.649. The third kappa shape index (κ3) is 1.50. The van der Waals surface area contributed by atoms with Crippen LogP contribution < -0.4 is 4.90 Å². The molecule has 0 spiro atoms. The van der Waals surface area contributed by atoms with Crippen LogP contribution in [-0.4, -0.2) is 24.1 Å². The lowest BCUT2D eigenvalue weighted by atomic mass is 9.96. The second kappa shape index (κ2) is 3.32. The van der Waals surface area contributed by atoms with Gasteiger partial charge in [0.1, 0.15) is 12.1 Å². The van der Waals surface area contributed by atoms with E-state index in [1.54, 1.807) is 6.33 Å². The summed E-state index contributed by atoms with van der Waals surface area (Å²) in [6, 6.07) is 0. The standard InChI is InChI=1S/C10H15N3/c1-13(2)10-8-5-3-4-6-9(8)11-7-12-10/h7H,3-6H2,1-2H3. The van der Waals surface area contributed by atoms with Gasteiger partial charge < -0.3 is 4.90 Å². The normalized spacial score (nSPS) is 15.2. The van der Waals surface area contributed by atoms with Gasteiger partial charge >= 0.3 is 0 Å². The summed E-state index contributed by atoms with van der Waals surface area (Å²) in [7, 11) is 4.08. The predicted molar refractivity (Wildman–Crippen MR) is 53.0 cm³/mol. The van der Waals surface area contributed by atoms with Crippen LogP contribution >= 0.6 is 0 Å². The highest BCUT2D eigenvalue weighted by atomic mass is 15.1. The van der Waals surface area contributed by atoms with Gasteiger partial charge in [-0.3, -0.25) is 0 Å². The number of nitrogens with zero attached hydrogens (tertiary/aromatic N) is 3. The van der Waals surface area contributed by atoms with E-state index in [2.05, 4.69) is 14.9 Å². The van der Waals surface area contributed by atoms with Crippen molar-refractivity contribution in [2.45, 2.75) is 25.7 Å². The second-order valence-corrected chi connectivity index (χ2v) is 3.72. The summed E-state index contributed by atoms with van der Waals surface area (Å²) < 4.78 is 0. The van der Waals surface area contributed by atoms with Crippen LogP contribution in [0.15, 0.2) is 6.33 Å². The Morgan fingerprint density at radius 3 is 2.69 bits per heavy atom. The summed E-state index contributed by atoms with van der Waals surface area (Å²) in [6.07, 6.45) is 6.50. The summed E-state index contributed by atoms with van der Waals surface area (Å²) in [6.45, 7) is 0. The molecule has 0 radical (unpaired) electrons. The number of hydrogen-bond acceptors (Lipinski definition) is 3. The van der Waals surface area contributed by atoms with Crippen LogP contribution in [0.25, 0.3) is 0 Å². The van der Waals surface area contributed by atoms with Crippen molar-refractivity contribution in [2.75, 3.05) is 19.0 Å². The zero-order chi connectivity index (χ0) is 9.26. The topological polar surface area (TPSA) is 29.0 Å². The van der Waals surface area contributed by atoms with Gasteiger partial charge in [0.05, 0.1) is 0 Å². The van der Waals surface area contributed by atoms with Gasteiger partial charge in [0.15, 0.2) is 0 Å². The van der Waals surface area contributed by atoms with Crippen LogP contribution in [0.2, 0.25) is 0 Å². The van der Waals surface area contributed by atoms with Crippen molar-refractivity contribution in [3.63, 3.8) is 0 Å². The molecule has 1 aromatic heterocycles. The van der Waals surface area contributed by atoms with Crippen molar-refractivity contribution >= 4 is 5.82 Å². The van der Waals surface area contributed by atoms with Gasteiger partial charge in [-0.15, -0.1) is 0 Å². The Hall–Kier alpha value is -1.12. The number of aromatic nitrogens is 2. The fraction of sp³-hybridized carbons (Fsp3) is 0.600. The molecule has 0 aromatic carbocycles. The van der Waals surface area contributed by atoms with E-state index in [4.69, 9.17) is 0 Å². The van der Waals surface area contributed by atoms with Crippen LogP contribution in [0.4, 0.5) is 5.82 Å². The largest absolute Gasteiger partial charge is 0.362 e. The highest BCUT2D eigenvalue weighted by Gasteiger charge is 2.15. The van der Waals surface area contributed by atoms with Crippen molar-refractivity contribution in [1.82, 2.24) is 9.97 Å². The van der Waals surface area contributed by atoms with Crippen LogP contribution in [0.1, 0.15) is 24.1 Å². The maximum atomic E-state index is 4.32. The molecule has 0 N–H and O–H groups in total. The Balaban J connectivity index is 2.46. The summed E-state index contributed by atoms with van der Waals surface area (Å²) in [5.41, 5.74) is 2.61. The molecule has 0 atom stereocenters. The van der Waals surface area contributed by atoms with Crippen LogP contribution in [0.3, 0.4) is 0 Å². The van der Waals surface area contributed by atoms with Gasteiger partial charge in [-0.25, -0.2) is 9.97 Å². The summed E-state index contributed by atoms with van der Waals surface area (Å²) in [5.74, 6) is 1.10. The summed E-state index contributed by atoms with van der Waals surface area (Å²) >= 11 is 0. The molecule has 0 saturated heterocycles. The van der Waals surface area contributed by atoms with Gasteiger partial charge in [0.2, 0.25) is 0 Å². The Labute approximate surface area is 78.8 Å². The lowest BCUT2D eigenvalue weighted by molar-refractivity contribution is 0.660. The molecule has 0 fully saturated rings. The lowest BCUT2D eigenvalue weighted by Gasteiger charge is -2.21. The first-order valence-corrected chi connectivity index (χ1v) is 4.79. The Kier molecular flexibility index (Phi) is 2.17. The van der Waals surface area contributed by atoms with Crippen LogP contribution in [0.5, 0.6) is 0 Å². The van der Waals surface area contributed by atoms with E-state index in [0.717, 1.165) is 18.7 Å². The minimum atomic E-state index is 1.10. The molecule has 0 unspecified atom stereocenters. The molecular weight excluding hydrogens is 162 g/mol. The molecular formula is C10H15N3. The zero-order valence-electron chi connectivity index (χ0n) is 8.25. The minimum absolute atomic E-state index is 1.10. The smallest absolute Gasteiger partial charge is 0.134 e. The van der Waals surface area contributed by atoms with E-state index in [9.17, 15) is 0 Å². The van der Waals surface area contributed by atoms with Crippen molar-refractivity contribution in [1.29, 1.82) is 0 Å². The first-order valence-electron chi connectivity index (χ1n) is 4.79. The van der Waals surface area contributed by atoms with Gasteiger partial charge in [0.25, 0.3) is 0 Å². The van der Waals surface area contributed by atoms with Crippen LogP contribution in [-0.2, 0) is 12.8 Å². The number of rotatable bonds is 1. The molecule has 0 saturated carbocycles. The minimum Gasteiger partial charge on any atom is -0.362 e. The van der Waals surface area contributed by atoms with Crippen molar-refractivity contribution < 1.29 is 0 Å². The first-order chi connectivity index (χ1) is 6.29. The van der Waals surface area contributed by atoms with Crippen LogP contribution in [0, 0.1) is 0 Å². The maximum absolute atomic E-state index is 4.32. The average molecular weight is 177 g/mol. The number of fused-ring (bicyclic) bond motifs is 1. The highest BCUT2D eigenvalue weighted by molar-refractivity contribution is 5.48. The first kappa shape index (κ1) is 8.48. The molecule has 3 heteroatoms. The molecule has 3 nitrogen and oxygen atoms in total. The molecule has 0 amide bonds. The van der Waals surface area contributed by atoms with E-state index in [0.29, 0.717) is 0 Å². The maximum Gasteiger partial charge on any atom is 0.134 e. The monoisotopic (exact) mass is 177 g/mol. The molecule has 1 aliphatic carbocycles. The van der Waals surface area contributed by atoms with E-state index >= 15 is 0 Å². The number of hydrogen-bond donors (Lipinski definition) is 0. The third-order valence-corrected chi connectivity index (χ3v) is 2.53. The Bertz CT molecular complexity index is 307. The second-order valence-electron chi connectivity index (χ2n) is 3.72. The molecule has 1 aliphatic rings. The van der Waals surface area contributed by atoms with Crippen molar-refractivity contribution in [2.24, 2.45) is 0 Å². The Morgan fingerprint density at radius 2 is 1.92 bits per heavy atom. The van der Waals surface area contributed by atoms with E-state index in [1.807, 2.05) is 14.1 Å². The molecule has 13 heavy (non-hydrogen) atoms. The van der Waals surface area contributed by atoms with Gasteiger partial charge in [-0.2, -0.15) is 0 Å². The molecule has 2 rings (SSSR count). The highest BCUT2D eigenvalue weighted by Crippen LogP contribution is 2.25. The third-order valence-electron chi connectivity index (χ3n) is 2.53. The van der Waals surface area contributed by atoms with E-state index in [-0.39, 0.29) is 0 Å². The van der Waals surface area contributed by atoms with E-state index in [1.165, 1.54) is 24.1 Å². The number of aryl methyl sites for hydroxylation is 1. The average Bonchev–Trinajstić information content (AvgIpc) is 2.17. The predicted octanol–water partition coefficient (Wildman–Crippen LogP) is 1.42. The lowest BCUT2D eigenvalue weighted by Crippen LogP contribution is -2.17. The van der Waals surface area contributed by atoms with Crippen molar-refractivity contribution in [3.8, 4) is 0 Å². The molecule has 0 aliphatic heterocycles. The fourth-order valence-electron chi connectivity index (χ4n) is 1.89. The van der Waals surface area contributed by atoms with Gasteiger partial charge in [0, 0.05) is 25.4 Å². The molecule has 0 bridgehead atoms. The fourth-order valence-corrected chi connectivity index (χ4v) is 1.89. The van der Waals surface area contributed by atoms with Gasteiger partial charge in [-0.05, 0) is 25.7 Å². The van der Waals surface area contributed by atoms with E-state index < -0.39 is 0 Å². The SMILES string of the molecule is CN(C)c1ncnc2c1CCCC2.